The SMILES string of the molecule is COc1ccc(Br)c(C(N)C(F)(F)F)c1. The Hall–Kier alpha value is -0.750. The maximum Gasteiger partial charge on any atom is 0.407 e. The molecule has 1 rings (SSSR count). The lowest BCUT2D eigenvalue weighted by Gasteiger charge is -2.17. The van der Waals surface area contributed by atoms with Crippen LogP contribution in [0.25, 0.3) is 0 Å². The van der Waals surface area contributed by atoms with Crippen LogP contribution in [-0.4, -0.2) is 13.3 Å². The van der Waals surface area contributed by atoms with Crippen LogP contribution in [0.5, 0.6) is 5.75 Å². The van der Waals surface area contributed by atoms with Crippen LogP contribution in [0.2, 0.25) is 0 Å². The number of alkyl halides is 3. The number of rotatable bonds is 2. The quantitative estimate of drug-likeness (QED) is 0.906. The predicted octanol–water partition coefficient (Wildman–Crippen LogP) is 3.02. The van der Waals surface area contributed by atoms with E-state index in [0.717, 1.165) is 0 Å². The van der Waals surface area contributed by atoms with E-state index in [-0.39, 0.29) is 5.56 Å². The van der Waals surface area contributed by atoms with Gasteiger partial charge in [-0.1, -0.05) is 15.9 Å². The Morgan fingerprint density at radius 2 is 2.00 bits per heavy atom. The fourth-order valence-corrected chi connectivity index (χ4v) is 1.56. The van der Waals surface area contributed by atoms with E-state index >= 15 is 0 Å². The zero-order valence-electron chi connectivity index (χ0n) is 7.81. The molecule has 0 heterocycles. The molecule has 0 saturated heterocycles. The summed E-state index contributed by atoms with van der Waals surface area (Å²) in [6.07, 6.45) is -4.46. The first-order chi connectivity index (χ1) is 6.86. The van der Waals surface area contributed by atoms with Crippen molar-refractivity contribution < 1.29 is 17.9 Å². The molecule has 6 heteroatoms. The van der Waals surface area contributed by atoms with Gasteiger partial charge in [-0.15, -0.1) is 0 Å². The van der Waals surface area contributed by atoms with Crippen molar-refractivity contribution in [2.24, 2.45) is 5.73 Å². The van der Waals surface area contributed by atoms with Gasteiger partial charge in [-0.2, -0.15) is 13.2 Å². The molecule has 1 aromatic rings. The summed E-state index contributed by atoms with van der Waals surface area (Å²) in [5.41, 5.74) is 5.05. The van der Waals surface area contributed by atoms with Gasteiger partial charge in [0.15, 0.2) is 0 Å². The van der Waals surface area contributed by atoms with Crippen molar-refractivity contribution in [2.75, 3.05) is 7.11 Å². The second-order valence-electron chi connectivity index (χ2n) is 2.91. The topological polar surface area (TPSA) is 35.2 Å². The molecular formula is C9H9BrF3NO. The number of nitrogens with two attached hydrogens (primary N) is 1. The third-order valence-corrected chi connectivity index (χ3v) is 2.61. The Morgan fingerprint density at radius 1 is 1.40 bits per heavy atom. The first kappa shape index (κ1) is 12.3. The molecule has 0 amide bonds. The van der Waals surface area contributed by atoms with Crippen molar-refractivity contribution in [3.05, 3.63) is 28.2 Å². The van der Waals surface area contributed by atoms with Gasteiger partial charge in [-0.05, 0) is 23.8 Å². The fraction of sp³-hybridized carbons (Fsp3) is 0.333. The maximum atomic E-state index is 12.4. The van der Waals surface area contributed by atoms with Crippen LogP contribution in [0, 0.1) is 0 Å². The molecule has 0 radical (unpaired) electrons. The summed E-state index contributed by atoms with van der Waals surface area (Å²) in [7, 11) is 1.38. The lowest BCUT2D eigenvalue weighted by molar-refractivity contribution is -0.149. The highest BCUT2D eigenvalue weighted by Gasteiger charge is 2.38. The van der Waals surface area contributed by atoms with Crippen molar-refractivity contribution in [3.8, 4) is 5.75 Å². The van der Waals surface area contributed by atoms with E-state index in [0.29, 0.717) is 10.2 Å². The second-order valence-corrected chi connectivity index (χ2v) is 3.76. The van der Waals surface area contributed by atoms with Gasteiger partial charge < -0.3 is 10.5 Å². The highest BCUT2D eigenvalue weighted by atomic mass is 79.9. The molecule has 0 aliphatic rings. The number of ether oxygens (including phenoxy) is 1. The summed E-state index contributed by atoms with van der Waals surface area (Å²) in [6, 6.07) is 2.28. The van der Waals surface area contributed by atoms with E-state index in [1.54, 1.807) is 6.07 Å². The molecule has 1 atom stereocenters. The lowest BCUT2D eigenvalue weighted by atomic mass is 10.1. The smallest absolute Gasteiger partial charge is 0.407 e. The predicted molar refractivity (Wildman–Crippen MR) is 53.7 cm³/mol. The van der Waals surface area contributed by atoms with Gasteiger partial charge in [0.1, 0.15) is 11.8 Å². The number of halogens is 4. The van der Waals surface area contributed by atoms with E-state index in [1.807, 2.05) is 0 Å². The van der Waals surface area contributed by atoms with Crippen LogP contribution in [0.15, 0.2) is 22.7 Å². The summed E-state index contributed by atoms with van der Waals surface area (Å²) < 4.78 is 42.2. The summed E-state index contributed by atoms with van der Waals surface area (Å²) in [6.45, 7) is 0. The van der Waals surface area contributed by atoms with Crippen molar-refractivity contribution in [1.29, 1.82) is 0 Å². The Kier molecular flexibility index (Phi) is 3.62. The third-order valence-electron chi connectivity index (χ3n) is 1.89. The summed E-state index contributed by atoms with van der Waals surface area (Å²) in [4.78, 5) is 0. The van der Waals surface area contributed by atoms with Crippen LogP contribution in [0.4, 0.5) is 13.2 Å². The van der Waals surface area contributed by atoms with E-state index < -0.39 is 12.2 Å². The Morgan fingerprint density at radius 3 is 2.47 bits per heavy atom. The van der Waals surface area contributed by atoms with Crippen molar-refractivity contribution in [3.63, 3.8) is 0 Å². The van der Waals surface area contributed by atoms with Crippen LogP contribution >= 0.6 is 15.9 Å². The van der Waals surface area contributed by atoms with Crippen LogP contribution < -0.4 is 10.5 Å². The molecule has 2 N–H and O–H groups in total. The van der Waals surface area contributed by atoms with Gasteiger partial charge in [0, 0.05) is 4.47 Å². The highest BCUT2D eigenvalue weighted by Crippen LogP contribution is 2.35. The van der Waals surface area contributed by atoms with Gasteiger partial charge in [0.25, 0.3) is 0 Å². The molecule has 0 bridgehead atoms. The van der Waals surface area contributed by atoms with E-state index in [9.17, 15) is 13.2 Å². The van der Waals surface area contributed by atoms with Gasteiger partial charge in [-0.3, -0.25) is 0 Å². The molecule has 1 aromatic carbocycles. The third kappa shape index (κ3) is 2.85. The van der Waals surface area contributed by atoms with Crippen molar-refractivity contribution >= 4 is 15.9 Å². The maximum absolute atomic E-state index is 12.4. The van der Waals surface area contributed by atoms with E-state index in [4.69, 9.17) is 10.5 Å². The minimum atomic E-state index is -4.46. The Labute approximate surface area is 93.3 Å². The molecule has 84 valence electrons. The molecule has 0 aliphatic heterocycles. The minimum absolute atomic E-state index is 0.0400. The fourth-order valence-electron chi connectivity index (χ4n) is 1.06. The van der Waals surface area contributed by atoms with Crippen LogP contribution in [-0.2, 0) is 0 Å². The average Bonchev–Trinajstić information content (AvgIpc) is 2.16. The normalized spacial score (nSPS) is 13.7. The summed E-state index contributed by atoms with van der Waals surface area (Å²) >= 11 is 3.02. The van der Waals surface area contributed by atoms with Gasteiger partial charge in [0.05, 0.1) is 7.11 Å². The molecule has 0 aromatic heterocycles. The van der Waals surface area contributed by atoms with Gasteiger partial charge in [-0.25, -0.2) is 0 Å². The Balaban J connectivity index is 3.12. The van der Waals surface area contributed by atoms with Crippen molar-refractivity contribution in [2.45, 2.75) is 12.2 Å². The molecule has 0 spiro atoms. The standard InChI is InChI=1S/C9H9BrF3NO/c1-15-5-2-3-7(10)6(4-5)8(14)9(11,12)13/h2-4,8H,14H2,1H3. The van der Waals surface area contributed by atoms with Crippen LogP contribution in [0.1, 0.15) is 11.6 Å². The first-order valence-electron chi connectivity index (χ1n) is 4.02. The Bertz CT molecular complexity index is 354. The summed E-state index contributed by atoms with van der Waals surface area (Å²) in [5, 5.41) is 0. The van der Waals surface area contributed by atoms with E-state index in [1.165, 1.54) is 19.2 Å². The number of benzene rings is 1. The molecule has 2 nitrogen and oxygen atoms in total. The second kappa shape index (κ2) is 4.40. The van der Waals surface area contributed by atoms with Crippen molar-refractivity contribution in [1.82, 2.24) is 0 Å². The lowest BCUT2D eigenvalue weighted by Crippen LogP contribution is -2.28. The minimum Gasteiger partial charge on any atom is -0.497 e. The molecule has 1 unspecified atom stereocenters. The average molecular weight is 284 g/mol. The highest BCUT2D eigenvalue weighted by molar-refractivity contribution is 9.10. The van der Waals surface area contributed by atoms with Gasteiger partial charge in [0.2, 0.25) is 0 Å². The molecule has 0 saturated carbocycles. The molecule has 0 aliphatic carbocycles. The molecule has 0 fully saturated rings. The number of hydrogen-bond acceptors (Lipinski definition) is 2. The molecular weight excluding hydrogens is 275 g/mol. The van der Waals surface area contributed by atoms with Gasteiger partial charge >= 0.3 is 6.18 Å². The largest absolute Gasteiger partial charge is 0.497 e. The van der Waals surface area contributed by atoms with Crippen LogP contribution in [0.3, 0.4) is 0 Å². The number of methoxy groups -OCH3 is 1. The number of hydrogen-bond donors (Lipinski definition) is 1. The zero-order chi connectivity index (χ0) is 11.6. The van der Waals surface area contributed by atoms with E-state index in [2.05, 4.69) is 15.9 Å². The summed E-state index contributed by atoms with van der Waals surface area (Å²) in [5.74, 6) is 0.341. The molecule has 15 heavy (non-hydrogen) atoms. The first-order valence-corrected chi connectivity index (χ1v) is 4.81. The zero-order valence-corrected chi connectivity index (χ0v) is 9.39. The monoisotopic (exact) mass is 283 g/mol.